The van der Waals surface area contributed by atoms with E-state index in [1.165, 1.54) is 30.0 Å². The van der Waals surface area contributed by atoms with Gasteiger partial charge in [-0.2, -0.15) is 0 Å². The van der Waals surface area contributed by atoms with Gasteiger partial charge < -0.3 is 14.5 Å². The average molecular weight is 500 g/mol. The Morgan fingerprint density at radius 1 is 1.24 bits per heavy atom. The van der Waals surface area contributed by atoms with E-state index in [0.717, 1.165) is 5.56 Å². The summed E-state index contributed by atoms with van der Waals surface area (Å²) in [6.45, 7) is 0.366. The molecule has 0 bridgehead atoms. The number of thioether (sulfide) groups is 1. The van der Waals surface area contributed by atoms with Crippen molar-refractivity contribution in [2.24, 2.45) is 0 Å². The van der Waals surface area contributed by atoms with Crippen LogP contribution in [0.15, 0.2) is 70.4 Å². The number of nitrogens with zero attached hydrogens (tertiary/aromatic N) is 4. The molecular weight excluding hydrogens is 482 g/mol. The first-order chi connectivity index (χ1) is 16.4. The van der Waals surface area contributed by atoms with E-state index in [9.17, 15) is 14.9 Å². The number of carbonyl (C=O) groups excluding carboxylic acids is 1. The second-order valence-electron chi connectivity index (χ2n) is 6.96. The molecule has 0 aliphatic heterocycles. The lowest BCUT2D eigenvalue weighted by molar-refractivity contribution is -0.384. The van der Waals surface area contributed by atoms with E-state index >= 15 is 0 Å². The minimum atomic E-state index is -0.556. The topological polar surface area (TPSA) is 125 Å². The third-order valence-electron chi connectivity index (χ3n) is 4.71. The summed E-state index contributed by atoms with van der Waals surface area (Å²) in [5.74, 6) is 1.64. The number of carbonyl (C=O) groups is 1. The number of nitro benzene ring substituents is 1. The third-order valence-corrected chi connectivity index (χ3v) is 5.99. The molecule has 12 heteroatoms. The van der Waals surface area contributed by atoms with Crippen molar-refractivity contribution in [3.8, 4) is 17.1 Å². The summed E-state index contributed by atoms with van der Waals surface area (Å²) in [5, 5.41) is 22.7. The number of rotatable bonds is 9. The largest absolute Gasteiger partial charge is 0.497 e. The third kappa shape index (κ3) is 5.38. The highest BCUT2D eigenvalue weighted by Gasteiger charge is 2.18. The lowest BCUT2D eigenvalue weighted by Crippen LogP contribution is -2.15. The number of hydrogen-bond donors (Lipinski definition) is 1. The molecule has 0 spiro atoms. The van der Waals surface area contributed by atoms with Gasteiger partial charge in [0.2, 0.25) is 5.91 Å². The summed E-state index contributed by atoms with van der Waals surface area (Å²) >= 11 is 7.25. The van der Waals surface area contributed by atoms with Crippen LogP contribution >= 0.6 is 23.4 Å². The van der Waals surface area contributed by atoms with Crippen LogP contribution in [0, 0.1) is 10.1 Å². The molecule has 2 heterocycles. The van der Waals surface area contributed by atoms with Crippen molar-refractivity contribution in [2.45, 2.75) is 11.7 Å². The fourth-order valence-corrected chi connectivity index (χ4v) is 4.07. The number of methoxy groups -OCH3 is 1. The van der Waals surface area contributed by atoms with E-state index in [2.05, 4.69) is 15.5 Å². The van der Waals surface area contributed by atoms with Crippen molar-refractivity contribution >= 4 is 40.6 Å². The van der Waals surface area contributed by atoms with E-state index in [1.807, 2.05) is 34.9 Å². The van der Waals surface area contributed by atoms with Crippen LogP contribution in [-0.2, 0) is 11.3 Å². The van der Waals surface area contributed by atoms with Crippen LogP contribution in [0.4, 0.5) is 11.4 Å². The van der Waals surface area contributed by atoms with Gasteiger partial charge in [0.25, 0.3) is 5.69 Å². The molecule has 174 valence electrons. The van der Waals surface area contributed by atoms with E-state index in [4.69, 9.17) is 20.8 Å². The Morgan fingerprint density at radius 3 is 2.79 bits per heavy atom. The van der Waals surface area contributed by atoms with Gasteiger partial charge in [-0.15, -0.1) is 10.2 Å². The number of non-ortho nitro benzene ring substituents is 1. The Hall–Kier alpha value is -3.83. The molecule has 10 nitrogen and oxygen atoms in total. The number of nitrogens with one attached hydrogen (secondary N) is 1. The van der Waals surface area contributed by atoms with Gasteiger partial charge in [0, 0.05) is 17.7 Å². The van der Waals surface area contributed by atoms with Crippen molar-refractivity contribution in [1.29, 1.82) is 0 Å². The quantitative estimate of drug-likeness (QED) is 0.196. The van der Waals surface area contributed by atoms with Crippen LogP contribution < -0.4 is 10.1 Å². The molecule has 0 radical (unpaired) electrons. The highest BCUT2D eigenvalue weighted by molar-refractivity contribution is 7.99. The van der Waals surface area contributed by atoms with E-state index in [-0.39, 0.29) is 28.1 Å². The maximum atomic E-state index is 12.5. The number of ether oxygens (including phenoxy) is 1. The molecule has 0 fully saturated rings. The number of anilines is 1. The standard InChI is InChI=1S/C22H18ClN5O5S/c1-32-16-5-2-4-14(10-16)21-25-26-22(27(21)12-17-6-3-9-33-17)34-13-20(29)24-19-8-7-15(28(30)31)11-18(19)23/h2-11H,12-13H2,1H3,(H,24,29). The number of amides is 1. The summed E-state index contributed by atoms with van der Waals surface area (Å²) in [5.41, 5.74) is 0.924. The first kappa shape index (κ1) is 23.3. The second kappa shape index (κ2) is 10.4. The molecule has 4 aromatic rings. The Balaban J connectivity index is 1.52. The van der Waals surface area contributed by atoms with Crippen molar-refractivity contribution in [2.75, 3.05) is 18.2 Å². The van der Waals surface area contributed by atoms with E-state index < -0.39 is 4.92 Å². The van der Waals surface area contributed by atoms with Crippen LogP contribution in [0.5, 0.6) is 5.75 Å². The first-order valence-corrected chi connectivity index (χ1v) is 11.3. The zero-order valence-electron chi connectivity index (χ0n) is 17.8. The molecule has 2 aromatic carbocycles. The van der Waals surface area contributed by atoms with Gasteiger partial charge in [-0.25, -0.2) is 0 Å². The van der Waals surface area contributed by atoms with E-state index in [1.54, 1.807) is 19.4 Å². The molecule has 2 aromatic heterocycles. The van der Waals surface area contributed by atoms with Crippen LogP contribution in [-0.4, -0.2) is 38.5 Å². The Labute approximate surface area is 203 Å². The molecular formula is C22H18ClN5O5S. The zero-order chi connectivity index (χ0) is 24.1. The van der Waals surface area contributed by atoms with Crippen LogP contribution in [0.2, 0.25) is 5.02 Å². The molecule has 0 saturated carbocycles. The Bertz CT molecular complexity index is 1330. The highest BCUT2D eigenvalue weighted by Crippen LogP contribution is 2.29. The van der Waals surface area contributed by atoms with Gasteiger partial charge in [-0.05, 0) is 30.3 Å². The summed E-state index contributed by atoms with van der Waals surface area (Å²) in [7, 11) is 1.59. The molecule has 0 aliphatic rings. The molecule has 1 amide bonds. The molecule has 34 heavy (non-hydrogen) atoms. The maximum Gasteiger partial charge on any atom is 0.271 e. The van der Waals surface area contributed by atoms with Crippen molar-refractivity contribution in [1.82, 2.24) is 14.8 Å². The van der Waals surface area contributed by atoms with Crippen LogP contribution in [0.25, 0.3) is 11.4 Å². The minimum Gasteiger partial charge on any atom is -0.497 e. The lowest BCUT2D eigenvalue weighted by Gasteiger charge is -2.10. The maximum absolute atomic E-state index is 12.5. The summed E-state index contributed by atoms with van der Waals surface area (Å²) in [6, 6.07) is 14.9. The SMILES string of the molecule is COc1cccc(-c2nnc(SCC(=O)Nc3ccc([N+](=O)[O-])cc3Cl)n2Cc2ccco2)c1. The molecule has 1 N–H and O–H groups in total. The van der Waals surface area contributed by atoms with Gasteiger partial charge in [0.05, 0.1) is 41.3 Å². The smallest absolute Gasteiger partial charge is 0.271 e. The number of hydrogen-bond acceptors (Lipinski definition) is 8. The number of furan rings is 1. The number of benzene rings is 2. The van der Waals surface area contributed by atoms with Gasteiger partial charge in [-0.1, -0.05) is 35.5 Å². The van der Waals surface area contributed by atoms with Crippen molar-refractivity contribution < 1.29 is 18.9 Å². The zero-order valence-corrected chi connectivity index (χ0v) is 19.4. The average Bonchev–Trinajstić information content (AvgIpc) is 3.49. The molecule has 0 unspecified atom stereocenters. The van der Waals surface area contributed by atoms with Crippen molar-refractivity contribution in [3.05, 3.63) is 81.8 Å². The summed E-state index contributed by atoms with van der Waals surface area (Å²) in [4.78, 5) is 22.8. The van der Waals surface area contributed by atoms with E-state index in [0.29, 0.717) is 29.0 Å². The van der Waals surface area contributed by atoms with Crippen molar-refractivity contribution in [3.63, 3.8) is 0 Å². The monoisotopic (exact) mass is 499 g/mol. The number of nitro groups is 1. The summed E-state index contributed by atoms with van der Waals surface area (Å²) < 4.78 is 12.7. The van der Waals surface area contributed by atoms with Gasteiger partial charge in [-0.3, -0.25) is 19.5 Å². The molecule has 4 rings (SSSR count). The minimum absolute atomic E-state index is 0.0156. The predicted molar refractivity (Wildman–Crippen MR) is 127 cm³/mol. The first-order valence-electron chi connectivity index (χ1n) is 9.91. The van der Waals surface area contributed by atoms with Crippen LogP contribution in [0.1, 0.15) is 5.76 Å². The fraction of sp³-hybridized carbons (Fsp3) is 0.136. The Kier molecular flexibility index (Phi) is 7.14. The second-order valence-corrected chi connectivity index (χ2v) is 8.31. The van der Waals surface area contributed by atoms with Gasteiger partial charge in [0.15, 0.2) is 11.0 Å². The van der Waals surface area contributed by atoms with Gasteiger partial charge >= 0.3 is 0 Å². The highest BCUT2D eigenvalue weighted by atomic mass is 35.5. The number of aromatic nitrogens is 3. The normalized spacial score (nSPS) is 10.8. The van der Waals surface area contributed by atoms with Crippen LogP contribution in [0.3, 0.4) is 0 Å². The Morgan fingerprint density at radius 2 is 2.09 bits per heavy atom. The predicted octanol–water partition coefficient (Wildman–Crippen LogP) is 4.89. The molecule has 0 atom stereocenters. The lowest BCUT2D eigenvalue weighted by atomic mass is 10.2. The molecule has 0 saturated heterocycles. The summed E-state index contributed by atoms with van der Waals surface area (Å²) in [6.07, 6.45) is 1.58. The fourth-order valence-electron chi connectivity index (χ4n) is 3.11. The number of halogens is 1. The van der Waals surface area contributed by atoms with Gasteiger partial charge in [0.1, 0.15) is 11.5 Å². The molecule has 0 aliphatic carbocycles.